The van der Waals surface area contributed by atoms with Crippen molar-refractivity contribution >= 4 is 33.2 Å². The van der Waals surface area contributed by atoms with Crippen molar-refractivity contribution in [2.75, 3.05) is 32.6 Å². The van der Waals surface area contributed by atoms with E-state index in [0.717, 1.165) is 16.9 Å². The van der Waals surface area contributed by atoms with Crippen molar-refractivity contribution in [2.24, 2.45) is 0 Å². The van der Waals surface area contributed by atoms with Crippen LogP contribution < -0.4 is 4.90 Å². The van der Waals surface area contributed by atoms with Crippen LogP contribution in [0.2, 0.25) is 5.02 Å². The van der Waals surface area contributed by atoms with E-state index in [4.69, 9.17) is 11.6 Å². The molecule has 106 valence electrons. The predicted octanol–water partition coefficient (Wildman–Crippen LogP) is 4.16. The third-order valence-electron chi connectivity index (χ3n) is 4.37. The molecule has 1 aliphatic carbocycles. The Morgan fingerprint density at radius 1 is 1.26 bits per heavy atom. The van der Waals surface area contributed by atoms with Crippen molar-refractivity contribution in [3.8, 4) is 0 Å². The Balaban J connectivity index is 2.19. The number of hydrogen-bond acceptors (Lipinski definition) is 2. The Hall–Kier alpha value is -0.250. The van der Waals surface area contributed by atoms with Crippen molar-refractivity contribution in [3.63, 3.8) is 0 Å². The molecule has 0 radical (unpaired) electrons. The highest BCUT2D eigenvalue weighted by atomic mass is 79.9. The maximum atomic E-state index is 6.15. The summed E-state index contributed by atoms with van der Waals surface area (Å²) in [7, 11) is 6.55. The lowest BCUT2D eigenvalue weighted by Crippen LogP contribution is -2.56. The van der Waals surface area contributed by atoms with Crippen LogP contribution in [-0.4, -0.2) is 38.1 Å². The lowest BCUT2D eigenvalue weighted by atomic mass is 9.75. The molecule has 1 aromatic rings. The number of halogens is 2. The van der Waals surface area contributed by atoms with Gasteiger partial charge in [0.1, 0.15) is 0 Å². The molecule has 0 atom stereocenters. The molecule has 2 rings (SSSR count). The smallest absolute Gasteiger partial charge is 0.0426 e. The Bertz CT molecular complexity index is 444. The minimum Gasteiger partial charge on any atom is -0.372 e. The average Bonchev–Trinajstić information content (AvgIpc) is 2.33. The lowest BCUT2D eigenvalue weighted by Gasteiger charge is -2.49. The lowest BCUT2D eigenvalue weighted by molar-refractivity contribution is 0.0683. The maximum Gasteiger partial charge on any atom is 0.0426 e. The third kappa shape index (κ3) is 3.09. The van der Waals surface area contributed by atoms with Crippen LogP contribution in [0.3, 0.4) is 0 Å². The zero-order chi connectivity index (χ0) is 14.0. The van der Waals surface area contributed by atoms with Gasteiger partial charge in [-0.25, -0.2) is 0 Å². The van der Waals surface area contributed by atoms with E-state index in [-0.39, 0.29) is 0 Å². The molecule has 0 spiro atoms. The van der Waals surface area contributed by atoms with Crippen molar-refractivity contribution in [1.29, 1.82) is 0 Å². The van der Waals surface area contributed by atoms with E-state index in [1.54, 1.807) is 0 Å². The summed E-state index contributed by atoms with van der Waals surface area (Å²) in [5, 5.41) is 1.66. The first-order valence-corrected chi connectivity index (χ1v) is 8.21. The molecule has 0 N–H and O–H groups in total. The number of rotatable bonds is 5. The Morgan fingerprint density at radius 3 is 2.42 bits per heavy atom. The van der Waals surface area contributed by atoms with Gasteiger partial charge in [-0.3, -0.25) is 0 Å². The first-order chi connectivity index (χ1) is 8.98. The maximum absolute atomic E-state index is 6.15. The summed E-state index contributed by atoms with van der Waals surface area (Å²) in [5.74, 6) is 0. The van der Waals surface area contributed by atoms with Gasteiger partial charge in [0.2, 0.25) is 0 Å². The largest absolute Gasteiger partial charge is 0.372 e. The van der Waals surface area contributed by atoms with E-state index in [1.807, 2.05) is 6.07 Å². The molecule has 1 aromatic carbocycles. The number of likely N-dealkylation sites (N-methyl/N-ethyl adjacent to an activating group) is 2. The zero-order valence-electron chi connectivity index (χ0n) is 11.9. The molecular formula is C15H22BrClN2. The molecule has 0 aromatic heterocycles. The highest BCUT2D eigenvalue weighted by Gasteiger charge is 2.40. The molecule has 0 saturated heterocycles. The summed E-state index contributed by atoms with van der Waals surface area (Å²) in [6, 6.07) is 6.13. The summed E-state index contributed by atoms with van der Waals surface area (Å²) in [6.07, 6.45) is 3.91. The van der Waals surface area contributed by atoms with Crippen molar-refractivity contribution in [3.05, 3.63) is 28.8 Å². The van der Waals surface area contributed by atoms with Crippen molar-refractivity contribution < 1.29 is 0 Å². The van der Waals surface area contributed by atoms with Crippen LogP contribution in [0.25, 0.3) is 0 Å². The Morgan fingerprint density at radius 2 is 1.95 bits per heavy atom. The SMILES string of the molecule is CN(CC1(N(C)C)CCC1)c1cc(Cl)ccc1CBr. The van der Waals surface area contributed by atoms with Gasteiger partial charge >= 0.3 is 0 Å². The van der Waals surface area contributed by atoms with E-state index in [0.29, 0.717) is 5.54 Å². The highest BCUT2D eigenvalue weighted by Crippen LogP contribution is 2.38. The molecule has 0 unspecified atom stereocenters. The topological polar surface area (TPSA) is 6.48 Å². The number of benzene rings is 1. The normalized spacial score (nSPS) is 17.4. The zero-order valence-corrected chi connectivity index (χ0v) is 14.3. The van der Waals surface area contributed by atoms with Gasteiger partial charge in [-0.1, -0.05) is 33.6 Å². The van der Waals surface area contributed by atoms with Crippen LogP contribution in [0.1, 0.15) is 24.8 Å². The van der Waals surface area contributed by atoms with E-state index in [9.17, 15) is 0 Å². The van der Waals surface area contributed by atoms with Gasteiger partial charge in [-0.15, -0.1) is 0 Å². The fourth-order valence-corrected chi connectivity index (χ4v) is 3.50. The van der Waals surface area contributed by atoms with E-state index in [1.165, 1.54) is 30.5 Å². The highest BCUT2D eigenvalue weighted by molar-refractivity contribution is 9.08. The number of hydrogen-bond donors (Lipinski definition) is 0. The number of alkyl halides is 1. The van der Waals surface area contributed by atoms with Gasteiger partial charge < -0.3 is 9.80 Å². The summed E-state index contributed by atoms with van der Waals surface area (Å²) >= 11 is 9.71. The van der Waals surface area contributed by atoms with Crippen molar-refractivity contribution in [2.45, 2.75) is 30.1 Å². The fraction of sp³-hybridized carbons (Fsp3) is 0.600. The van der Waals surface area contributed by atoms with Gasteiger partial charge in [0.15, 0.2) is 0 Å². The molecule has 0 aliphatic heterocycles. The van der Waals surface area contributed by atoms with Gasteiger partial charge in [-0.05, 0) is 51.1 Å². The minimum absolute atomic E-state index is 0.334. The predicted molar refractivity (Wildman–Crippen MR) is 87.6 cm³/mol. The Kier molecular flexibility index (Phi) is 4.80. The molecule has 2 nitrogen and oxygen atoms in total. The standard InChI is InChI=1S/C15H22BrClN2/c1-18(2)15(7-4-8-15)11-19(3)14-9-13(17)6-5-12(14)10-16/h5-6,9H,4,7-8,10-11H2,1-3H3. The molecule has 0 bridgehead atoms. The first-order valence-electron chi connectivity index (χ1n) is 6.71. The van der Waals surface area contributed by atoms with E-state index >= 15 is 0 Å². The second-order valence-electron chi connectivity index (χ2n) is 5.74. The van der Waals surface area contributed by atoms with Crippen LogP contribution >= 0.6 is 27.5 Å². The van der Waals surface area contributed by atoms with Crippen LogP contribution in [0.15, 0.2) is 18.2 Å². The van der Waals surface area contributed by atoms with E-state index < -0.39 is 0 Å². The quantitative estimate of drug-likeness (QED) is 0.740. The summed E-state index contributed by atoms with van der Waals surface area (Å²) in [5.41, 5.74) is 2.86. The summed E-state index contributed by atoms with van der Waals surface area (Å²) in [4.78, 5) is 4.73. The molecule has 0 amide bonds. The monoisotopic (exact) mass is 344 g/mol. The van der Waals surface area contributed by atoms with Crippen LogP contribution in [0.5, 0.6) is 0 Å². The second-order valence-corrected chi connectivity index (χ2v) is 6.73. The summed E-state index contributed by atoms with van der Waals surface area (Å²) in [6.45, 7) is 1.06. The second kappa shape index (κ2) is 6.02. The van der Waals surface area contributed by atoms with Crippen LogP contribution in [-0.2, 0) is 5.33 Å². The van der Waals surface area contributed by atoms with Gasteiger partial charge in [0.05, 0.1) is 0 Å². The van der Waals surface area contributed by atoms with Crippen LogP contribution in [0, 0.1) is 0 Å². The molecule has 4 heteroatoms. The van der Waals surface area contributed by atoms with Gasteiger partial charge in [-0.2, -0.15) is 0 Å². The molecule has 19 heavy (non-hydrogen) atoms. The van der Waals surface area contributed by atoms with Gasteiger partial charge in [0, 0.05) is 35.2 Å². The number of nitrogens with zero attached hydrogens (tertiary/aromatic N) is 2. The third-order valence-corrected chi connectivity index (χ3v) is 5.21. The fourth-order valence-electron chi connectivity index (χ4n) is 2.86. The molecule has 1 saturated carbocycles. The molecule has 0 heterocycles. The van der Waals surface area contributed by atoms with E-state index in [2.05, 4.69) is 59.0 Å². The molecular weight excluding hydrogens is 324 g/mol. The minimum atomic E-state index is 0.334. The molecule has 1 fully saturated rings. The van der Waals surface area contributed by atoms with Crippen molar-refractivity contribution in [1.82, 2.24) is 4.90 Å². The van der Waals surface area contributed by atoms with Crippen LogP contribution in [0.4, 0.5) is 5.69 Å². The first kappa shape index (κ1) is 15.1. The average molecular weight is 346 g/mol. The molecule has 1 aliphatic rings. The van der Waals surface area contributed by atoms with Gasteiger partial charge in [0.25, 0.3) is 0 Å². The Labute approximate surface area is 129 Å². The summed E-state index contributed by atoms with van der Waals surface area (Å²) < 4.78 is 0. The number of anilines is 1.